The summed E-state index contributed by atoms with van der Waals surface area (Å²) in [6.07, 6.45) is 2.06. The van der Waals surface area contributed by atoms with Crippen molar-refractivity contribution in [3.05, 3.63) is 29.8 Å². The number of hydrogen-bond donors (Lipinski definition) is 2. The minimum atomic E-state index is -0.304. The second kappa shape index (κ2) is 7.70. The van der Waals surface area contributed by atoms with Crippen molar-refractivity contribution in [2.24, 2.45) is 0 Å². The van der Waals surface area contributed by atoms with E-state index in [9.17, 15) is 4.79 Å². The summed E-state index contributed by atoms with van der Waals surface area (Å²) in [6.45, 7) is 0.533. The summed E-state index contributed by atoms with van der Waals surface area (Å²) in [4.78, 5) is 11.5. The van der Waals surface area contributed by atoms with E-state index >= 15 is 0 Å². The van der Waals surface area contributed by atoms with Crippen LogP contribution < -0.4 is 10.6 Å². The minimum absolute atomic E-state index is 0.304. The van der Waals surface area contributed by atoms with Crippen molar-refractivity contribution in [1.82, 2.24) is 5.32 Å². The molecule has 0 aliphatic carbocycles. The number of unbranched alkanes of at least 4 members (excludes halogenated alkanes) is 2. The molecule has 0 spiro atoms. The van der Waals surface area contributed by atoms with Gasteiger partial charge in [0, 0.05) is 18.7 Å². The first kappa shape index (κ1) is 13.5. The van der Waals surface area contributed by atoms with Crippen molar-refractivity contribution in [3.63, 3.8) is 0 Å². The van der Waals surface area contributed by atoms with Crippen molar-refractivity contribution in [3.8, 4) is 12.1 Å². The van der Waals surface area contributed by atoms with Crippen LogP contribution in [0.1, 0.15) is 24.8 Å². The second-order valence-electron chi connectivity index (χ2n) is 3.69. The standard InChI is InChI=1S/C13H14N4O/c14-7-2-1-3-8-16-13(18)17-12-6-4-5-11(9-12)10-15/h4-6,9H,1-3,8H2,(H2,16,17,18). The van der Waals surface area contributed by atoms with Gasteiger partial charge in [0.1, 0.15) is 0 Å². The van der Waals surface area contributed by atoms with E-state index in [1.165, 1.54) is 0 Å². The van der Waals surface area contributed by atoms with Gasteiger partial charge < -0.3 is 10.6 Å². The Morgan fingerprint density at radius 2 is 2.11 bits per heavy atom. The van der Waals surface area contributed by atoms with E-state index in [0.29, 0.717) is 24.2 Å². The SMILES string of the molecule is N#CCCCCNC(=O)Nc1cccc(C#N)c1. The number of nitriles is 2. The van der Waals surface area contributed by atoms with Crippen LogP contribution in [-0.4, -0.2) is 12.6 Å². The average molecular weight is 242 g/mol. The number of carbonyl (C=O) groups is 1. The zero-order chi connectivity index (χ0) is 13.2. The van der Waals surface area contributed by atoms with Crippen LogP contribution in [-0.2, 0) is 0 Å². The minimum Gasteiger partial charge on any atom is -0.338 e. The molecule has 0 heterocycles. The van der Waals surface area contributed by atoms with E-state index in [-0.39, 0.29) is 6.03 Å². The molecule has 0 saturated heterocycles. The Labute approximate surface area is 106 Å². The molecule has 92 valence electrons. The number of anilines is 1. The molecule has 0 radical (unpaired) electrons. The van der Waals surface area contributed by atoms with E-state index < -0.39 is 0 Å². The highest BCUT2D eigenvalue weighted by atomic mass is 16.2. The van der Waals surface area contributed by atoms with E-state index in [1.807, 2.05) is 12.1 Å². The van der Waals surface area contributed by atoms with Crippen LogP contribution in [0.25, 0.3) is 0 Å². The molecular formula is C13H14N4O. The molecule has 18 heavy (non-hydrogen) atoms. The third-order valence-electron chi connectivity index (χ3n) is 2.25. The Kier molecular flexibility index (Phi) is 5.79. The maximum atomic E-state index is 11.5. The molecule has 1 aromatic carbocycles. The van der Waals surface area contributed by atoms with E-state index in [0.717, 1.165) is 12.8 Å². The Balaban J connectivity index is 2.32. The van der Waals surface area contributed by atoms with Gasteiger partial charge in [-0.15, -0.1) is 0 Å². The summed E-state index contributed by atoms with van der Waals surface area (Å²) in [6, 6.07) is 10.5. The van der Waals surface area contributed by atoms with Gasteiger partial charge in [0.05, 0.1) is 17.7 Å². The van der Waals surface area contributed by atoms with Crippen LogP contribution in [0.2, 0.25) is 0 Å². The second-order valence-corrected chi connectivity index (χ2v) is 3.69. The van der Waals surface area contributed by atoms with Gasteiger partial charge in [0.25, 0.3) is 0 Å². The number of carbonyl (C=O) groups excluding carboxylic acids is 1. The third kappa shape index (κ3) is 5.00. The predicted octanol–water partition coefficient (Wildman–Crippen LogP) is 2.37. The lowest BCUT2D eigenvalue weighted by atomic mass is 10.2. The molecule has 0 aromatic heterocycles. The normalized spacial score (nSPS) is 9.00. The first-order valence-corrected chi connectivity index (χ1v) is 5.68. The molecule has 2 N–H and O–H groups in total. The van der Waals surface area contributed by atoms with Crippen LogP contribution in [0, 0.1) is 22.7 Å². The summed E-state index contributed by atoms with van der Waals surface area (Å²) in [5, 5.41) is 22.4. The van der Waals surface area contributed by atoms with Gasteiger partial charge in [0.2, 0.25) is 0 Å². The summed E-state index contributed by atoms with van der Waals surface area (Å²) in [7, 11) is 0. The van der Waals surface area contributed by atoms with Gasteiger partial charge in [-0.3, -0.25) is 0 Å². The monoisotopic (exact) mass is 242 g/mol. The third-order valence-corrected chi connectivity index (χ3v) is 2.25. The molecule has 5 nitrogen and oxygen atoms in total. The number of hydrogen-bond acceptors (Lipinski definition) is 3. The smallest absolute Gasteiger partial charge is 0.319 e. The molecule has 0 saturated carbocycles. The number of urea groups is 1. The van der Waals surface area contributed by atoms with Gasteiger partial charge in [0.15, 0.2) is 0 Å². The lowest BCUT2D eigenvalue weighted by molar-refractivity contribution is 0.252. The molecule has 0 fully saturated rings. The number of amides is 2. The van der Waals surface area contributed by atoms with Gasteiger partial charge in [-0.25, -0.2) is 4.79 Å². The zero-order valence-corrected chi connectivity index (χ0v) is 9.94. The number of rotatable bonds is 5. The fourth-order valence-electron chi connectivity index (χ4n) is 1.37. The molecule has 5 heteroatoms. The fourth-order valence-corrected chi connectivity index (χ4v) is 1.37. The summed E-state index contributed by atoms with van der Waals surface area (Å²) >= 11 is 0. The van der Waals surface area contributed by atoms with Gasteiger partial charge in [-0.1, -0.05) is 6.07 Å². The van der Waals surface area contributed by atoms with Gasteiger partial charge in [-0.05, 0) is 31.0 Å². The van der Waals surface area contributed by atoms with Crippen molar-refractivity contribution in [1.29, 1.82) is 10.5 Å². The molecule has 0 aliphatic heterocycles. The zero-order valence-electron chi connectivity index (χ0n) is 9.94. The number of nitrogens with one attached hydrogen (secondary N) is 2. The fraction of sp³-hybridized carbons (Fsp3) is 0.308. The first-order valence-electron chi connectivity index (χ1n) is 5.68. The van der Waals surface area contributed by atoms with Crippen molar-refractivity contribution in [2.75, 3.05) is 11.9 Å². The highest BCUT2D eigenvalue weighted by Crippen LogP contribution is 2.09. The number of benzene rings is 1. The van der Waals surface area contributed by atoms with E-state index in [2.05, 4.69) is 10.6 Å². The Hall–Kier alpha value is -2.53. The van der Waals surface area contributed by atoms with Crippen molar-refractivity contribution in [2.45, 2.75) is 19.3 Å². The van der Waals surface area contributed by atoms with Crippen LogP contribution in [0.15, 0.2) is 24.3 Å². The molecule has 0 unspecified atom stereocenters. The topological polar surface area (TPSA) is 88.7 Å². The van der Waals surface area contributed by atoms with Crippen LogP contribution in [0.3, 0.4) is 0 Å². The summed E-state index contributed by atoms with van der Waals surface area (Å²) in [5.74, 6) is 0. The first-order chi connectivity index (χ1) is 8.76. The Morgan fingerprint density at radius 3 is 2.83 bits per heavy atom. The van der Waals surface area contributed by atoms with Crippen molar-refractivity contribution >= 4 is 11.7 Å². The molecule has 1 rings (SSSR count). The Bertz CT molecular complexity index is 484. The van der Waals surface area contributed by atoms with Crippen molar-refractivity contribution < 1.29 is 4.79 Å². The predicted molar refractivity (Wildman–Crippen MR) is 67.6 cm³/mol. The lowest BCUT2D eigenvalue weighted by Gasteiger charge is -2.07. The summed E-state index contributed by atoms with van der Waals surface area (Å²) < 4.78 is 0. The lowest BCUT2D eigenvalue weighted by Crippen LogP contribution is -2.29. The van der Waals surface area contributed by atoms with Crippen LogP contribution >= 0.6 is 0 Å². The van der Waals surface area contributed by atoms with E-state index in [1.54, 1.807) is 24.3 Å². The maximum Gasteiger partial charge on any atom is 0.319 e. The molecule has 0 bridgehead atoms. The van der Waals surface area contributed by atoms with Gasteiger partial charge in [-0.2, -0.15) is 10.5 Å². The molecule has 0 atom stereocenters. The Morgan fingerprint density at radius 1 is 1.28 bits per heavy atom. The molecule has 1 aromatic rings. The molecule has 0 aliphatic rings. The molecular weight excluding hydrogens is 228 g/mol. The van der Waals surface area contributed by atoms with Crippen LogP contribution in [0.5, 0.6) is 0 Å². The van der Waals surface area contributed by atoms with Crippen LogP contribution in [0.4, 0.5) is 10.5 Å². The highest BCUT2D eigenvalue weighted by Gasteiger charge is 2.01. The maximum absolute atomic E-state index is 11.5. The summed E-state index contributed by atoms with van der Waals surface area (Å²) in [5.41, 5.74) is 1.09. The number of nitrogens with zero attached hydrogens (tertiary/aromatic N) is 2. The molecule has 2 amide bonds. The van der Waals surface area contributed by atoms with Gasteiger partial charge >= 0.3 is 6.03 Å². The van der Waals surface area contributed by atoms with E-state index in [4.69, 9.17) is 10.5 Å². The largest absolute Gasteiger partial charge is 0.338 e. The quantitative estimate of drug-likeness (QED) is 0.777. The average Bonchev–Trinajstić information content (AvgIpc) is 2.38. The highest BCUT2D eigenvalue weighted by molar-refractivity contribution is 5.89.